The molecule has 0 radical (unpaired) electrons. The molecule has 10 nitrogen and oxygen atoms in total. The van der Waals surface area contributed by atoms with Crippen molar-refractivity contribution in [2.24, 2.45) is 0 Å². The van der Waals surface area contributed by atoms with Crippen LogP contribution in [0.4, 0.5) is 10.6 Å². The fourth-order valence-corrected chi connectivity index (χ4v) is 3.07. The molecule has 1 aliphatic rings. The third-order valence-corrected chi connectivity index (χ3v) is 4.61. The normalized spacial score (nSPS) is 14.9. The second-order valence-corrected chi connectivity index (χ2v) is 7.84. The molecule has 4 heterocycles. The standard InChI is InChI=1S/C18H21N7O3/c1-18(2,3)28-17(27)23(4)12-7-24(8-12)15-16-22-20-10-25(16)13-5-11(9-26)6-19-14(13)21-15/h5-6,9-10,12H,7-8H2,1-4H3. The number of amides is 1. The molecule has 3 aromatic rings. The van der Waals surface area contributed by atoms with Gasteiger partial charge in [0.25, 0.3) is 0 Å². The second kappa shape index (κ2) is 6.39. The van der Waals surface area contributed by atoms with Crippen LogP contribution in [0.1, 0.15) is 31.1 Å². The maximum absolute atomic E-state index is 12.2. The first kappa shape index (κ1) is 18.1. The Bertz CT molecular complexity index is 1070. The van der Waals surface area contributed by atoms with Gasteiger partial charge in [-0.15, -0.1) is 10.2 Å². The molecule has 28 heavy (non-hydrogen) atoms. The van der Waals surface area contributed by atoms with E-state index in [-0.39, 0.29) is 12.1 Å². The van der Waals surface area contributed by atoms with E-state index in [0.717, 1.165) is 6.29 Å². The summed E-state index contributed by atoms with van der Waals surface area (Å²) in [6.07, 6.45) is 3.45. The zero-order valence-corrected chi connectivity index (χ0v) is 16.2. The van der Waals surface area contributed by atoms with E-state index in [4.69, 9.17) is 4.74 Å². The van der Waals surface area contributed by atoms with Gasteiger partial charge in [-0.3, -0.25) is 9.20 Å². The van der Waals surface area contributed by atoms with Crippen LogP contribution < -0.4 is 4.90 Å². The molecule has 1 aliphatic heterocycles. The van der Waals surface area contributed by atoms with Gasteiger partial charge in [-0.1, -0.05) is 0 Å². The fraction of sp³-hybridized carbons (Fsp3) is 0.444. The van der Waals surface area contributed by atoms with Crippen LogP contribution >= 0.6 is 0 Å². The lowest BCUT2D eigenvalue weighted by Gasteiger charge is -2.44. The third-order valence-electron chi connectivity index (χ3n) is 4.61. The first-order valence-electron chi connectivity index (χ1n) is 8.92. The number of carbonyl (C=O) groups excluding carboxylic acids is 2. The Kier molecular flexibility index (Phi) is 4.13. The van der Waals surface area contributed by atoms with Gasteiger partial charge in [-0.05, 0) is 26.8 Å². The summed E-state index contributed by atoms with van der Waals surface area (Å²) < 4.78 is 7.19. The summed E-state index contributed by atoms with van der Waals surface area (Å²) >= 11 is 0. The van der Waals surface area contributed by atoms with E-state index < -0.39 is 5.60 Å². The van der Waals surface area contributed by atoms with Gasteiger partial charge in [-0.25, -0.2) is 14.8 Å². The monoisotopic (exact) mass is 383 g/mol. The molecule has 0 N–H and O–H groups in total. The lowest BCUT2D eigenvalue weighted by molar-refractivity contribution is 0.0196. The molecule has 0 saturated carbocycles. The van der Waals surface area contributed by atoms with E-state index in [9.17, 15) is 9.59 Å². The summed E-state index contributed by atoms with van der Waals surface area (Å²) in [5.74, 6) is 0.644. The Labute approximate surface area is 161 Å². The van der Waals surface area contributed by atoms with Crippen molar-refractivity contribution in [3.8, 4) is 0 Å². The Morgan fingerprint density at radius 1 is 1.36 bits per heavy atom. The molecule has 1 amide bonds. The minimum absolute atomic E-state index is 0.0146. The third kappa shape index (κ3) is 3.10. The van der Waals surface area contributed by atoms with Gasteiger partial charge in [0.1, 0.15) is 11.9 Å². The topological polar surface area (TPSA) is 106 Å². The number of aromatic nitrogens is 5. The van der Waals surface area contributed by atoms with Gasteiger partial charge in [0.2, 0.25) is 5.65 Å². The molecule has 10 heteroatoms. The molecule has 0 spiro atoms. The zero-order chi connectivity index (χ0) is 20.1. The van der Waals surface area contributed by atoms with Gasteiger partial charge >= 0.3 is 6.09 Å². The molecule has 0 aliphatic carbocycles. The maximum atomic E-state index is 12.2. The van der Waals surface area contributed by atoms with E-state index in [1.54, 1.807) is 28.7 Å². The van der Waals surface area contributed by atoms with Gasteiger partial charge in [0.05, 0.1) is 11.6 Å². The van der Waals surface area contributed by atoms with Crippen LogP contribution in [0.3, 0.4) is 0 Å². The summed E-state index contributed by atoms with van der Waals surface area (Å²) in [7, 11) is 1.74. The van der Waals surface area contributed by atoms with Crippen LogP contribution in [0.5, 0.6) is 0 Å². The Hall–Kier alpha value is -3.30. The lowest BCUT2D eigenvalue weighted by Crippen LogP contribution is -2.60. The van der Waals surface area contributed by atoms with E-state index >= 15 is 0 Å². The minimum Gasteiger partial charge on any atom is -0.444 e. The van der Waals surface area contributed by atoms with Crippen molar-refractivity contribution < 1.29 is 14.3 Å². The molecular formula is C18H21N7O3. The van der Waals surface area contributed by atoms with E-state index in [0.29, 0.717) is 41.3 Å². The number of ether oxygens (including phenoxy) is 1. The van der Waals surface area contributed by atoms with Gasteiger partial charge < -0.3 is 14.5 Å². The molecular weight excluding hydrogens is 362 g/mol. The molecule has 1 fully saturated rings. The minimum atomic E-state index is -0.533. The first-order chi connectivity index (χ1) is 13.3. The highest BCUT2D eigenvalue weighted by molar-refractivity contribution is 5.85. The Morgan fingerprint density at radius 2 is 2.11 bits per heavy atom. The summed E-state index contributed by atoms with van der Waals surface area (Å²) in [6.45, 7) is 6.73. The van der Waals surface area contributed by atoms with Gasteiger partial charge in [0.15, 0.2) is 17.8 Å². The van der Waals surface area contributed by atoms with Crippen LogP contribution in [-0.2, 0) is 4.74 Å². The number of rotatable bonds is 3. The fourth-order valence-electron chi connectivity index (χ4n) is 3.07. The number of nitrogens with zero attached hydrogens (tertiary/aromatic N) is 7. The molecule has 0 aromatic carbocycles. The predicted octanol–water partition coefficient (Wildman–Crippen LogP) is 1.54. The van der Waals surface area contributed by atoms with Crippen molar-refractivity contribution in [2.75, 3.05) is 25.0 Å². The number of aldehydes is 1. The largest absolute Gasteiger partial charge is 0.444 e. The summed E-state index contributed by atoms with van der Waals surface area (Å²) in [5, 5.41) is 8.14. The SMILES string of the molecule is CN(C(=O)OC(C)(C)C)C1CN(c2nc3ncc(C=O)cc3n3cnnc23)C1. The number of hydrogen-bond donors (Lipinski definition) is 0. The van der Waals surface area contributed by atoms with Crippen LogP contribution in [-0.4, -0.2) is 73.6 Å². The number of likely N-dealkylation sites (N-methyl/N-ethyl adjacent to an activating group) is 1. The zero-order valence-electron chi connectivity index (χ0n) is 16.2. The highest BCUT2D eigenvalue weighted by atomic mass is 16.6. The van der Waals surface area contributed by atoms with Crippen molar-refractivity contribution in [1.29, 1.82) is 0 Å². The average molecular weight is 383 g/mol. The van der Waals surface area contributed by atoms with E-state index in [1.807, 2.05) is 25.7 Å². The van der Waals surface area contributed by atoms with E-state index in [1.165, 1.54) is 6.20 Å². The summed E-state index contributed by atoms with van der Waals surface area (Å²) in [4.78, 5) is 35.8. The summed E-state index contributed by atoms with van der Waals surface area (Å²) in [6, 6.07) is 1.72. The quantitative estimate of drug-likeness (QED) is 0.627. The second-order valence-electron chi connectivity index (χ2n) is 7.84. The van der Waals surface area contributed by atoms with Crippen LogP contribution in [0, 0.1) is 0 Å². The van der Waals surface area contributed by atoms with Crippen molar-refractivity contribution in [3.63, 3.8) is 0 Å². The molecule has 146 valence electrons. The number of fused-ring (bicyclic) bond motifs is 3. The van der Waals surface area contributed by atoms with Crippen molar-refractivity contribution in [3.05, 3.63) is 24.2 Å². The van der Waals surface area contributed by atoms with Crippen LogP contribution in [0.15, 0.2) is 18.6 Å². The van der Waals surface area contributed by atoms with Gasteiger partial charge in [-0.2, -0.15) is 0 Å². The number of hydrogen-bond acceptors (Lipinski definition) is 8. The van der Waals surface area contributed by atoms with Crippen molar-refractivity contribution in [1.82, 2.24) is 29.5 Å². The smallest absolute Gasteiger partial charge is 0.410 e. The predicted molar refractivity (Wildman–Crippen MR) is 101 cm³/mol. The maximum Gasteiger partial charge on any atom is 0.410 e. The van der Waals surface area contributed by atoms with E-state index in [2.05, 4.69) is 20.2 Å². The lowest BCUT2D eigenvalue weighted by atomic mass is 10.1. The molecule has 3 aromatic heterocycles. The molecule has 1 saturated heterocycles. The van der Waals surface area contributed by atoms with Gasteiger partial charge in [0, 0.05) is 31.9 Å². The van der Waals surface area contributed by atoms with Crippen LogP contribution in [0.2, 0.25) is 0 Å². The number of pyridine rings is 1. The molecule has 0 unspecified atom stereocenters. The average Bonchev–Trinajstić information content (AvgIpc) is 3.08. The summed E-state index contributed by atoms with van der Waals surface area (Å²) in [5.41, 5.74) is 1.66. The molecule has 4 rings (SSSR count). The van der Waals surface area contributed by atoms with Crippen molar-refractivity contribution in [2.45, 2.75) is 32.4 Å². The van der Waals surface area contributed by atoms with Crippen molar-refractivity contribution >= 4 is 35.0 Å². The highest BCUT2D eigenvalue weighted by Gasteiger charge is 2.36. The molecule has 0 bridgehead atoms. The Morgan fingerprint density at radius 3 is 2.79 bits per heavy atom. The number of anilines is 1. The highest BCUT2D eigenvalue weighted by Crippen LogP contribution is 2.28. The molecule has 0 atom stereocenters. The van der Waals surface area contributed by atoms with Crippen LogP contribution in [0.25, 0.3) is 16.8 Å². The number of carbonyl (C=O) groups is 2. The first-order valence-corrected chi connectivity index (χ1v) is 8.92. The Balaban J connectivity index is 1.58.